The first-order valence-corrected chi connectivity index (χ1v) is 10.2. The van der Waals surface area contributed by atoms with Crippen LogP contribution in [0.3, 0.4) is 0 Å². The van der Waals surface area contributed by atoms with E-state index >= 15 is 0 Å². The molecule has 0 aliphatic carbocycles. The highest BCUT2D eigenvalue weighted by molar-refractivity contribution is 5.76. The summed E-state index contributed by atoms with van der Waals surface area (Å²) in [5.74, 6) is -0.712. The molecule has 2 aromatic carbocycles. The summed E-state index contributed by atoms with van der Waals surface area (Å²) >= 11 is 0. The van der Waals surface area contributed by atoms with E-state index in [1.165, 1.54) is 42.5 Å². The molecule has 6 nitrogen and oxygen atoms in total. The molecule has 1 amide bonds. The summed E-state index contributed by atoms with van der Waals surface area (Å²) in [6, 6.07) is 13.5. The molecular weight excluding hydrogens is 440 g/mol. The van der Waals surface area contributed by atoms with E-state index in [9.17, 15) is 27.2 Å². The largest absolute Gasteiger partial charge is 0.416 e. The number of halogens is 4. The van der Waals surface area contributed by atoms with Crippen LogP contribution in [0.5, 0.6) is 0 Å². The van der Waals surface area contributed by atoms with Gasteiger partial charge >= 0.3 is 6.18 Å². The molecule has 1 aliphatic rings. The van der Waals surface area contributed by atoms with Crippen LogP contribution >= 0.6 is 0 Å². The van der Waals surface area contributed by atoms with E-state index in [1.807, 2.05) is 0 Å². The van der Waals surface area contributed by atoms with Crippen LogP contribution in [0, 0.1) is 5.82 Å². The van der Waals surface area contributed by atoms with Crippen LogP contribution in [0.15, 0.2) is 65.5 Å². The van der Waals surface area contributed by atoms with Crippen molar-refractivity contribution < 1.29 is 22.4 Å². The number of anilines is 1. The van der Waals surface area contributed by atoms with E-state index in [-0.39, 0.29) is 12.5 Å². The smallest absolute Gasteiger partial charge is 0.368 e. The van der Waals surface area contributed by atoms with Gasteiger partial charge in [0.2, 0.25) is 5.91 Å². The number of hydrogen-bond donors (Lipinski definition) is 0. The average molecular weight is 460 g/mol. The zero-order chi connectivity index (χ0) is 23.6. The second kappa shape index (κ2) is 9.05. The Bertz CT molecular complexity index is 1200. The van der Waals surface area contributed by atoms with Gasteiger partial charge in [0, 0.05) is 43.5 Å². The minimum Gasteiger partial charge on any atom is -0.368 e. The summed E-state index contributed by atoms with van der Waals surface area (Å²) in [6.07, 6.45) is -4.42. The van der Waals surface area contributed by atoms with Crippen molar-refractivity contribution in [1.29, 1.82) is 0 Å². The Morgan fingerprint density at radius 2 is 1.64 bits per heavy atom. The van der Waals surface area contributed by atoms with Gasteiger partial charge in [-0.15, -0.1) is 0 Å². The molecule has 0 N–H and O–H groups in total. The summed E-state index contributed by atoms with van der Waals surface area (Å²) in [4.78, 5) is 28.3. The molecule has 1 aliphatic heterocycles. The number of aromatic nitrogens is 2. The molecule has 4 rings (SSSR count). The van der Waals surface area contributed by atoms with E-state index in [2.05, 4.69) is 5.10 Å². The predicted molar refractivity (Wildman–Crippen MR) is 114 cm³/mol. The monoisotopic (exact) mass is 460 g/mol. The van der Waals surface area contributed by atoms with Gasteiger partial charge in [-0.05, 0) is 48.5 Å². The van der Waals surface area contributed by atoms with E-state index in [4.69, 9.17) is 0 Å². The van der Waals surface area contributed by atoms with E-state index in [0.717, 1.165) is 16.8 Å². The molecule has 0 unspecified atom stereocenters. The first kappa shape index (κ1) is 22.5. The van der Waals surface area contributed by atoms with Crippen LogP contribution in [0.2, 0.25) is 0 Å². The Labute approximate surface area is 186 Å². The van der Waals surface area contributed by atoms with Crippen molar-refractivity contribution in [3.63, 3.8) is 0 Å². The fourth-order valence-corrected chi connectivity index (χ4v) is 3.66. The van der Waals surface area contributed by atoms with Gasteiger partial charge in [0.05, 0.1) is 11.3 Å². The normalized spacial score (nSPS) is 14.4. The SMILES string of the molecule is O=C(Cn1nc(-c2ccc(F)cc2)ccc1=O)N1CCN(c2cccc(C(F)(F)F)c2)CC1. The van der Waals surface area contributed by atoms with Gasteiger partial charge in [-0.2, -0.15) is 18.3 Å². The highest BCUT2D eigenvalue weighted by atomic mass is 19.4. The number of alkyl halides is 3. The molecule has 1 aromatic heterocycles. The lowest BCUT2D eigenvalue weighted by atomic mass is 10.1. The van der Waals surface area contributed by atoms with Crippen molar-refractivity contribution in [2.45, 2.75) is 12.7 Å². The van der Waals surface area contributed by atoms with Gasteiger partial charge in [-0.1, -0.05) is 6.07 Å². The third-order valence-corrected chi connectivity index (χ3v) is 5.46. The standard InChI is InChI=1S/C23H20F4N4O2/c24-18-6-4-16(5-7-18)20-8-9-21(32)31(28-20)15-22(33)30-12-10-29(11-13-30)19-3-1-2-17(14-19)23(25,26)27/h1-9,14H,10-13,15H2. The second-order valence-corrected chi connectivity index (χ2v) is 7.64. The molecule has 0 bridgehead atoms. The fraction of sp³-hybridized carbons (Fsp3) is 0.261. The third kappa shape index (κ3) is 5.21. The molecule has 172 valence electrons. The van der Waals surface area contributed by atoms with Crippen molar-refractivity contribution in [2.75, 3.05) is 31.1 Å². The van der Waals surface area contributed by atoms with Crippen LogP contribution in [0.4, 0.5) is 23.2 Å². The molecule has 0 radical (unpaired) electrons. The van der Waals surface area contributed by atoms with Gasteiger partial charge < -0.3 is 9.80 Å². The highest BCUT2D eigenvalue weighted by Gasteiger charge is 2.31. The molecule has 10 heteroatoms. The predicted octanol–water partition coefficient (Wildman–Crippen LogP) is 3.42. The van der Waals surface area contributed by atoms with E-state index in [0.29, 0.717) is 43.1 Å². The Balaban J connectivity index is 1.41. The van der Waals surface area contributed by atoms with Crippen LogP contribution in [0.25, 0.3) is 11.3 Å². The van der Waals surface area contributed by atoms with Gasteiger partial charge in [0.1, 0.15) is 12.4 Å². The minimum absolute atomic E-state index is 0.266. The van der Waals surface area contributed by atoms with E-state index in [1.54, 1.807) is 15.9 Å². The molecule has 0 saturated carbocycles. The van der Waals surface area contributed by atoms with Crippen molar-refractivity contribution in [3.05, 3.63) is 82.4 Å². The number of carbonyl (C=O) groups is 1. The summed E-state index contributed by atoms with van der Waals surface area (Å²) in [6.45, 7) is 1.08. The Hall–Kier alpha value is -3.69. The number of carbonyl (C=O) groups excluding carboxylic acids is 1. The average Bonchev–Trinajstić information content (AvgIpc) is 2.81. The molecule has 3 aromatic rings. The van der Waals surface area contributed by atoms with Gasteiger partial charge in [-0.25, -0.2) is 9.07 Å². The lowest BCUT2D eigenvalue weighted by Gasteiger charge is -2.36. The topological polar surface area (TPSA) is 58.4 Å². The van der Waals surface area contributed by atoms with Crippen molar-refractivity contribution in [1.82, 2.24) is 14.7 Å². The van der Waals surface area contributed by atoms with Crippen molar-refractivity contribution in [2.24, 2.45) is 0 Å². The Morgan fingerprint density at radius 1 is 0.939 bits per heavy atom. The molecular formula is C23H20F4N4O2. The number of piperazine rings is 1. The third-order valence-electron chi connectivity index (χ3n) is 5.46. The van der Waals surface area contributed by atoms with Crippen molar-refractivity contribution in [3.8, 4) is 11.3 Å². The van der Waals surface area contributed by atoms with Gasteiger partial charge in [-0.3, -0.25) is 9.59 Å². The van der Waals surface area contributed by atoms with Gasteiger partial charge in [0.15, 0.2) is 0 Å². The molecule has 0 atom stereocenters. The maximum Gasteiger partial charge on any atom is 0.416 e. The summed E-state index contributed by atoms with van der Waals surface area (Å²) in [7, 11) is 0. The molecule has 1 fully saturated rings. The minimum atomic E-state index is -4.42. The van der Waals surface area contributed by atoms with Crippen LogP contribution in [0.1, 0.15) is 5.56 Å². The van der Waals surface area contributed by atoms with Crippen molar-refractivity contribution >= 4 is 11.6 Å². The number of hydrogen-bond acceptors (Lipinski definition) is 4. The number of benzene rings is 2. The first-order chi connectivity index (χ1) is 15.7. The maximum atomic E-state index is 13.2. The fourth-order valence-electron chi connectivity index (χ4n) is 3.66. The summed E-state index contributed by atoms with van der Waals surface area (Å²) in [5, 5.41) is 4.22. The zero-order valence-corrected chi connectivity index (χ0v) is 17.4. The van der Waals surface area contributed by atoms with Gasteiger partial charge in [0.25, 0.3) is 5.56 Å². The lowest BCUT2D eigenvalue weighted by Crippen LogP contribution is -2.50. The zero-order valence-electron chi connectivity index (χ0n) is 17.4. The van der Waals surface area contributed by atoms with Crippen LogP contribution in [-0.2, 0) is 17.5 Å². The Kier molecular flexibility index (Phi) is 6.17. The molecule has 2 heterocycles. The summed E-state index contributed by atoms with van der Waals surface area (Å²) in [5.41, 5.74) is 0.313. The number of rotatable bonds is 4. The number of nitrogens with zero attached hydrogens (tertiary/aromatic N) is 4. The van der Waals surface area contributed by atoms with Crippen LogP contribution in [-0.4, -0.2) is 46.8 Å². The number of amides is 1. The van der Waals surface area contributed by atoms with E-state index < -0.39 is 23.1 Å². The quantitative estimate of drug-likeness (QED) is 0.560. The molecule has 1 saturated heterocycles. The van der Waals surface area contributed by atoms with Crippen LogP contribution < -0.4 is 10.5 Å². The molecule has 33 heavy (non-hydrogen) atoms. The Morgan fingerprint density at radius 3 is 2.30 bits per heavy atom. The first-order valence-electron chi connectivity index (χ1n) is 10.2. The molecule has 0 spiro atoms. The lowest BCUT2D eigenvalue weighted by molar-refractivity contribution is -0.137. The summed E-state index contributed by atoms with van der Waals surface area (Å²) < 4.78 is 53.1. The second-order valence-electron chi connectivity index (χ2n) is 7.64. The highest BCUT2D eigenvalue weighted by Crippen LogP contribution is 2.31. The maximum absolute atomic E-state index is 13.2.